The highest BCUT2D eigenvalue weighted by Gasteiger charge is 2.29. The Labute approximate surface area is 136 Å². The Hall–Kier alpha value is -0.420. The molecule has 0 amide bonds. The summed E-state index contributed by atoms with van der Waals surface area (Å²) in [6.45, 7) is 5.36. The van der Waals surface area contributed by atoms with Crippen LogP contribution in [0.15, 0.2) is 28.7 Å². The van der Waals surface area contributed by atoms with Gasteiger partial charge in [0, 0.05) is 49.3 Å². The van der Waals surface area contributed by atoms with Gasteiger partial charge in [0.05, 0.1) is 0 Å². The molecule has 1 saturated carbocycles. The van der Waals surface area contributed by atoms with Crippen LogP contribution in [0.1, 0.15) is 37.3 Å². The van der Waals surface area contributed by atoms with Crippen molar-refractivity contribution in [1.82, 2.24) is 9.80 Å². The Balaban J connectivity index is 1.63. The largest absolute Gasteiger partial charge is 0.329 e. The molecule has 1 aromatic rings. The second kappa shape index (κ2) is 7.23. The molecule has 2 N–H and O–H groups in total. The molecule has 3 rings (SSSR count). The molecular weight excluding hydrogens is 326 g/mol. The molecule has 2 fully saturated rings. The highest BCUT2D eigenvalue weighted by Crippen LogP contribution is 2.29. The highest BCUT2D eigenvalue weighted by molar-refractivity contribution is 9.10. The molecule has 21 heavy (non-hydrogen) atoms. The van der Waals surface area contributed by atoms with Crippen molar-refractivity contribution in [3.05, 3.63) is 34.3 Å². The molecule has 1 aromatic carbocycles. The Morgan fingerprint density at radius 3 is 2.38 bits per heavy atom. The third-order valence-corrected chi connectivity index (χ3v) is 5.84. The molecule has 2 aliphatic rings. The van der Waals surface area contributed by atoms with Crippen molar-refractivity contribution in [3.63, 3.8) is 0 Å². The highest BCUT2D eigenvalue weighted by atomic mass is 79.9. The molecule has 1 aliphatic heterocycles. The Bertz CT molecular complexity index is 451. The van der Waals surface area contributed by atoms with Crippen molar-refractivity contribution < 1.29 is 0 Å². The lowest BCUT2D eigenvalue weighted by Gasteiger charge is -2.41. The van der Waals surface area contributed by atoms with Gasteiger partial charge < -0.3 is 5.73 Å². The van der Waals surface area contributed by atoms with E-state index in [2.05, 4.69) is 50.0 Å². The van der Waals surface area contributed by atoms with Crippen molar-refractivity contribution >= 4 is 15.9 Å². The van der Waals surface area contributed by atoms with Crippen LogP contribution in [0.3, 0.4) is 0 Å². The van der Waals surface area contributed by atoms with Crippen LogP contribution in [0.5, 0.6) is 0 Å². The summed E-state index contributed by atoms with van der Waals surface area (Å²) in [4.78, 5) is 5.27. The van der Waals surface area contributed by atoms with E-state index in [1.165, 1.54) is 48.8 Å². The summed E-state index contributed by atoms with van der Waals surface area (Å²) in [5.74, 6) is 0. The van der Waals surface area contributed by atoms with Crippen LogP contribution in [-0.4, -0.2) is 48.6 Å². The summed E-state index contributed by atoms with van der Waals surface area (Å²) in [5, 5.41) is 0. The number of nitrogens with zero attached hydrogens (tertiary/aromatic N) is 2. The summed E-state index contributed by atoms with van der Waals surface area (Å²) in [7, 11) is 0. The summed E-state index contributed by atoms with van der Waals surface area (Å²) in [6, 6.07) is 9.69. The van der Waals surface area contributed by atoms with E-state index in [4.69, 9.17) is 5.73 Å². The average Bonchev–Trinajstić information content (AvgIpc) is 3.05. The van der Waals surface area contributed by atoms with Gasteiger partial charge in [0.15, 0.2) is 0 Å². The first-order valence-corrected chi connectivity index (χ1v) is 9.01. The van der Waals surface area contributed by atoms with Crippen molar-refractivity contribution in [2.45, 2.75) is 37.8 Å². The molecular formula is C17H26BrN3. The van der Waals surface area contributed by atoms with E-state index in [1.54, 1.807) is 0 Å². The van der Waals surface area contributed by atoms with Crippen molar-refractivity contribution in [3.8, 4) is 0 Å². The maximum atomic E-state index is 6.09. The lowest BCUT2D eigenvalue weighted by atomic mass is 10.0. The number of hydrogen-bond donors (Lipinski definition) is 1. The quantitative estimate of drug-likeness (QED) is 0.904. The predicted octanol–water partition coefficient (Wildman–Crippen LogP) is 3.01. The van der Waals surface area contributed by atoms with Crippen LogP contribution in [-0.2, 0) is 0 Å². The zero-order valence-corrected chi connectivity index (χ0v) is 14.3. The molecule has 0 spiro atoms. The van der Waals surface area contributed by atoms with Gasteiger partial charge in [-0.05, 0) is 24.5 Å². The van der Waals surface area contributed by atoms with Gasteiger partial charge in [-0.3, -0.25) is 9.80 Å². The zero-order chi connectivity index (χ0) is 14.7. The fourth-order valence-corrected chi connectivity index (χ4v) is 4.45. The van der Waals surface area contributed by atoms with Gasteiger partial charge in [-0.15, -0.1) is 0 Å². The lowest BCUT2D eigenvalue weighted by Crippen LogP contribution is -2.51. The molecule has 0 bridgehead atoms. The fraction of sp³-hybridized carbons (Fsp3) is 0.647. The molecule has 1 saturated heterocycles. The maximum absolute atomic E-state index is 6.09. The van der Waals surface area contributed by atoms with Crippen molar-refractivity contribution in [1.29, 1.82) is 0 Å². The third-order valence-electron chi connectivity index (χ3n) is 5.12. The average molecular weight is 352 g/mol. The van der Waals surface area contributed by atoms with E-state index < -0.39 is 0 Å². The summed E-state index contributed by atoms with van der Waals surface area (Å²) in [6.07, 6.45) is 5.66. The fourth-order valence-electron chi connectivity index (χ4n) is 3.90. The molecule has 1 atom stereocenters. The van der Waals surface area contributed by atoms with Gasteiger partial charge in [0.25, 0.3) is 0 Å². The molecule has 3 nitrogen and oxygen atoms in total. The van der Waals surface area contributed by atoms with Crippen LogP contribution in [0.25, 0.3) is 0 Å². The minimum absolute atomic E-state index is 0.339. The number of nitrogens with two attached hydrogens (primary N) is 1. The zero-order valence-electron chi connectivity index (χ0n) is 12.7. The second-order valence-electron chi connectivity index (χ2n) is 6.28. The topological polar surface area (TPSA) is 32.5 Å². The van der Waals surface area contributed by atoms with Crippen LogP contribution in [0.4, 0.5) is 0 Å². The van der Waals surface area contributed by atoms with E-state index in [0.29, 0.717) is 12.6 Å². The van der Waals surface area contributed by atoms with E-state index in [0.717, 1.165) is 19.1 Å². The van der Waals surface area contributed by atoms with Gasteiger partial charge in [0.1, 0.15) is 0 Å². The van der Waals surface area contributed by atoms with Crippen LogP contribution < -0.4 is 5.73 Å². The normalized spacial score (nSPS) is 23.5. The minimum Gasteiger partial charge on any atom is -0.329 e. The monoisotopic (exact) mass is 351 g/mol. The lowest BCUT2D eigenvalue weighted by molar-refractivity contribution is 0.0720. The number of hydrogen-bond acceptors (Lipinski definition) is 3. The smallest absolute Gasteiger partial charge is 0.0482 e. The first kappa shape index (κ1) is 15.5. The minimum atomic E-state index is 0.339. The molecule has 116 valence electrons. The summed E-state index contributed by atoms with van der Waals surface area (Å²) in [5.41, 5.74) is 7.41. The predicted molar refractivity (Wildman–Crippen MR) is 91.3 cm³/mol. The van der Waals surface area contributed by atoms with Gasteiger partial charge >= 0.3 is 0 Å². The third kappa shape index (κ3) is 3.50. The number of benzene rings is 1. The van der Waals surface area contributed by atoms with Crippen LogP contribution in [0.2, 0.25) is 0 Å². The SMILES string of the molecule is NCC(c1ccccc1Br)N1CCN(C2CCCC2)CC1. The molecule has 1 aliphatic carbocycles. The molecule has 4 heteroatoms. The Morgan fingerprint density at radius 2 is 1.76 bits per heavy atom. The van der Waals surface area contributed by atoms with E-state index in [9.17, 15) is 0 Å². The Morgan fingerprint density at radius 1 is 1.10 bits per heavy atom. The van der Waals surface area contributed by atoms with Crippen molar-refractivity contribution in [2.24, 2.45) is 5.73 Å². The standard InChI is InChI=1S/C17H26BrN3/c18-16-8-4-3-7-15(16)17(13-19)21-11-9-20(10-12-21)14-5-1-2-6-14/h3-4,7-8,14,17H,1-2,5-6,9-13,19H2. The van der Waals surface area contributed by atoms with E-state index in [-0.39, 0.29) is 0 Å². The van der Waals surface area contributed by atoms with E-state index in [1.807, 2.05) is 0 Å². The number of halogens is 1. The first-order chi connectivity index (χ1) is 10.3. The summed E-state index contributed by atoms with van der Waals surface area (Å²) >= 11 is 3.68. The van der Waals surface area contributed by atoms with Gasteiger partial charge in [0.2, 0.25) is 0 Å². The number of rotatable bonds is 4. The molecule has 1 unspecified atom stereocenters. The first-order valence-electron chi connectivity index (χ1n) is 8.22. The van der Waals surface area contributed by atoms with Crippen molar-refractivity contribution in [2.75, 3.05) is 32.7 Å². The van der Waals surface area contributed by atoms with Crippen LogP contribution in [0, 0.1) is 0 Å². The second-order valence-corrected chi connectivity index (χ2v) is 7.14. The van der Waals surface area contributed by atoms with Crippen LogP contribution >= 0.6 is 15.9 Å². The van der Waals surface area contributed by atoms with E-state index >= 15 is 0 Å². The molecule has 0 radical (unpaired) electrons. The Kier molecular flexibility index (Phi) is 5.33. The van der Waals surface area contributed by atoms with Gasteiger partial charge in [-0.25, -0.2) is 0 Å². The van der Waals surface area contributed by atoms with Gasteiger partial charge in [-0.1, -0.05) is 47.0 Å². The molecule has 0 aromatic heterocycles. The summed E-state index contributed by atoms with van der Waals surface area (Å²) < 4.78 is 1.18. The number of piperazine rings is 1. The maximum Gasteiger partial charge on any atom is 0.0482 e. The molecule has 1 heterocycles. The van der Waals surface area contributed by atoms with Gasteiger partial charge in [-0.2, -0.15) is 0 Å².